The van der Waals surface area contributed by atoms with Crippen LogP contribution in [-0.2, 0) is 59.6 Å². The van der Waals surface area contributed by atoms with E-state index in [9.17, 15) is 67.1 Å². The van der Waals surface area contributed by atoms with Gasteiger partial charge in [-0.25, -0.2) is 4.79 Å². The molecule has 0 spiro atoms. The molecule has 83 heavy (non-hydrogen) atoms. The molecule has 2 fully saturated rings. The summed E-state index contributed by atoms with van der Waals surface area (Å²) < 4.78 is 177. The van der Waals surface area contributed by atoms with Gasteiger partial charge in [-0.1, -0.05) is 75.5 Å². The van der Waals surface area contributed by atoms with Crippen LogP contribution in [0.2, 0.25) is 0 Å². The lowest BCUT2D eigenvalue weighted by molar-refractivity contribution is -0.145. The summed E-state index contributed by atoms with van der Waals surface area (Å²) in [5.41, 5.74) is -3.22. The van der Waals surface area contributed by atoms with Gasteiger partial charge < -0.3 is 46.5 Å². The zero-order chi connectivity index (χ0) is 60.8. The number of carbonyl (C=O) groups is 3. The molecule has 0 unspecified atom stereocenters. The number of alkyl halides is 12. The summed E-state index contributed by atoms with van der Waals surface area (Å²) in [4.78, 5) is 37.5. The molecule has 0 aromatic heterocycles. The van der Waals surface area contributed by atoms with Crippen LogP contribution >= 0.6 is 0 Å². The Morgan fingerprint density at radius 3 is 1.16 bits per heavy atom. The molecular weight excluding hydrogens is 1120 g/mol. The molecule has 0 saturated carbocycles. The standard InChI is InChI=1S/C31H39F6N3O4.C26H31F6N3O2.2CH4/c1-19(20-14-22(30(32,33)34)16-23(15-20)31(35,36)37)43-18-29(21-10-8-7-9-11-21)13-12-24(17-38-29)39-25(41)28(5,6)40-26(42)44-27(2,3)4;1-16(17-11-19(25(27,28)29)13-20(12-17)26(30,31)32)37-15-24(18-7-5-4-6-8-18)10-9-21(14-34-24)35-22(36)23(2,3)33;;/h7-11,14-16,19,24,38H,12-13,17-18H2,1-6H3,(H,39,41)(H,40,42);4-8,11-13,16,21,34H,9-10,14-15,33H2,1-3H3,(H,35,36);2*1H4/t19-,24+,29-;16-,21+,24-;;/m11../s1. The van der Waals surface area contributed by atoms with Gasteiger partial charge in [-0.05, 0) is 147 Å². The second kappa shape index (κ2) is 27.4. The van der Waals surface area contributed by atoms with Crippen molar-refractivity contribution in [2.24, 2.45) is 5.73 Å². The van der Waals surface area contributed by atoms with Gasteiger partial charge in [-0.2, -0.15) is 52.7 Å². The van der Waals surface area contributed by atoms with Gasteiger partial charge in [0.05, 0.1) is 64.3 Å². The summed E-state index contributed by atoms with van der Waals surface area (Å²) in [5.74, 6) is -0.737. The Balaban J connectivity index is 0.000000431. The first-order chi connectivity index (χ1) is 37.1. The first-order valence-corrected chi connectivity index (χ1v) is 26.0. The second-order valence-corrected chi connectivity index (χ2v) is 22.6. The number of piperidine rings is 2. The maximum Gasteiger partial charge on any atom is 0.416 e. The smallest absolute Gasteiger partial charge is 0.416 e. The highest BCUT2D eigenvalue weighted by Gasteiger charge is 2.43. The minimum Gasteiger partial charge on any atom is -0.444 e. The van der Waals surface area contributed by atoms with Crippen molar-refractivity contribution in [2.45, 2.75) is 180 Å². The van der Waals surface area contributed by atoms with E-state index in [1.807, 2.05) is 60.7 Å². The molecular formula is C59H78F12N6O6. The molecule has 464 valence electrons. The molecule has 4 aromatic rings. The van der Waals surface area contributed by atoms with Crippen LogP contribution in [0.5, 0.6) is 0 Å². The molecule has 0 bridgehead atoms. The van der Waals surface area contributed by atoms with E-state index < -0.39 is 98.9 Å². The zero-order valence-electron chi connectivity index (χ0n) is 46.3. The van der Waals surface area contributed by atoms with Crippen molar-refractivity contribution in [2.75, 3.05) is 26.3 Å². The van der Waals surface area contributed by atoms with E-state index in [0.717, 1.165) is 11.1 Å². The summed E-state index contributed by atoms with van der Waals surface area (Å²) in [6.45, 7) is 14.8. The van der Waals surface area contributed by atoms with Crippen molar-refractivity contribution in [3.8, 4) is 0 Å². The molecule has 3 amide bonds. The van der Waals surface area contributed by atoms with Crippen molar-refractivity contribution in [1.29, 1.82) is 0 Å². The third kappa shape index (κ3) is 20.1. The van der Waals surface area contributed by atoms with Crippen molar-refractivity contribution >= 4 is 17.9 Å². The minimum absolute atomic E-state index is 0. The summed E-state index contributed by atoms with van der Waals surface area (Å²) >= 11 is 0. The Hall–Kier alpha value is -5.95. The molecule has 4 aromatic carbocycles. The monoisotopic (exact) mass is 1190 g/mol. The molecule has 2 saturated heterocycles. The highest BCUT2D eigenvalue weighted by atomic mass is 19.4. The van der Waals surface area contributed by atoms with E-state index in [-0.39, 0.29) is 75.9 Å². The largest absolute Gasteiger partial charge is 0.444 e. The van der Waals surface area contributed by atoms with Crippen molar-refractivity contribution < 1.29 is 81.3 Å². The van der Waals surface area contributed by atoms with E-state index in [1.54, 1.807) is 48.5 Å². The van der Waals surface area contributed by atoms with Gasteiger partial charge in [0.25, 0.3) is 0 Å². The van der Waals surface area contributed by atoms with E-state index >= 15 is 0 Å². The Bertz CT molecular complexity index is 2680. The highest BCUT2D eigenvalue weighted by Crippen LogP contribution is 2.41. The van der Waals surface area contributed by atoms with Crippen molar-refractivity contribution in [3.05, 3.63) is 142 Å². The summed E-state index contributed by atoms with van der Waals surface area (Å²) in [7, 11) is 0. The van der Waals surface area contributed by atoms with Crippen LogP contribution in [0.1, 0.15) is 160 Å². The van der Waals surface area contributed by atoms with Crippen molar-refractivity contribution in [3.63, 3.8) is 0 Å². The van der Waals surface area contributed by atoms with Crippen LogP contribution in [0.25, 0.3) is 0 Å². The Kier molecular flexibility index (Phi) is 23.5. The molecule has 24 heteroatoms. The Morgan fingerprint density at radius 1 is 0.554 bits per heavy atom. The van der Waals surface area contributed by atoms with E-state index in [4.69, 9.17) is 19.9 Å². The van der Waals surface area contributed by atoms with Gasteiger partial charge in [-0.3, -0.25) is 9.59 Å². The van der Waals surface area contributed by atoms with E-state index in [0.29, 0.717) is 56.5 Å². The fourth-order valence-corrected chi connectivity index (χ4v) is 9.03. The maximum atomic E-state index is 13.4. The first-order valence-electron chi connectivity index (χ1n) is 26.0. The van der Waals surface area contributed by atoms with Gasteiger partial charge in [0.15, 0.2) is 0 Å². The van der Waals surface area contributed by atoms with Gasteiger partial charge in [0.1, 0.15) is 11.1 Å². The number of benzene rings is 4. The second-order valence-electron chi connectivity index (χ2n) is 22.6. The van der Waals surface area contributed by atoms with Crippen LogP contribution in [-0.4, -0.2) is 73.0 Å². The lowest BCUT2D eigenvalue weighted by Gasteiger charge is -2.43. The number of nitrogens with two attached hydrogens (primary N) is 1. The molecule has 2 aliphatic heterocycles. The van der Waals surface area contributed by atoms with Gasteiger partial charge in [0.2, 0.25) is 11.8 Å². The third-order valence-electron chi connectivity index (χ3n) is 13.8. The topological polar surface area (TPSA) is 165 Å². The number of rotatable bonds is 15. The van der Waals surface area contributed by atoms with Gasteiger partial charge in [-0.15, -0.1) is 0 Å². The van der Waals surface area contributed by atoms with E-state index in [1.165, 1.54) is 13.8 Å². The number of halogens is 12. The van der Waals surface area contributed by atoms with Crippen molar-refractivity contribution in [1.82, 2.24) is 26.6 Å². The highest BCUT2D eigenvalue weighted by molar-refractivity contribution is 5.89. The lowest BCUT2D eigenvalue weighted by atomic mass is 9.81. The van der Waals surface area contributed by atoms with Crippen LogP contribution < -0.4 is 32.3 Å². The molecule has 2 aliphatic rings. The predicted molar refractivity (Wildman–Crippen MR) is 291 cm³/mol. The Labute approximate surface area is 477 Å². The Morgan fingerprint density at radius 2 is 0.880 bits per heavy atom. The van der Waals surface area contributed by atoms with Crippen LogP contribution in [0.15, 0.2) is 97.1 Å². The third-order valence-corrected chi connectivity index (χ3v) is 13.8. The van der Waals surface area contributed by atoms with Gasteiger partial charge >= 0.3 is 30.8 Å². The fraction of sp³-hybridized carbons (Fsp3) is 0.542. The molecule has 2 heterocycles. The normalized spacial score (nSPS) is 20.7. The van der Waals surface area contributed by atoms with Gasteiger partial charge in [0, 0.05) is 25.2 Å². The number of amides is 3. The summed E-state index contributed by atoms with van der Waals surface area (Å²) in [5, 5.41) is 15.2. The molecule has 7 N–H and O–H groups in total. The maximum absolute atomic E-state index is 13.4. The average Bonchev–Trinajstić information content (AvgIpc) is 3.58. The number of nitrogens with one attached hydrogen (secondary N) is 5. The fourth-order valence-electron chi connectivity index (χ4n) is 9.03. The quantitative estimate of drug-likeness (QED) is 0.0636. The van der Waals surface area contributed by atoms with Crippen LogP contribution in [0, 0.1) is 0 Å². The SMILES string of the molecule is C.C.C[C@@H](OC[C@@]1(c2ccccc2)CC[C@H](NC(=O)C(C)(C)N)CN1)c1cc(C(F)(F)F)cc(C(F)(F)F)c1.C[C@@H](OC[C@@]1(c2ccccc2)CC[C@H](NC(=O)C(C)(C)NC(=O)OC(C)(C)C)CN1)c1cc(C(F)(F)F)cc(C(F)(F)F)c1. The average molecular weight is 1200 g/mol. The number of ether oxygens (including phenoxy) is 3. The minimum atomic E-state index is -4.97. The van der Waals surface area contributed by atoms with Crippen LogP contribution in [0.3, 0.4) is 0 Å². The number of hydrogen-bond donors (Lipinski definition) is 6. The number of carbonyl (C=O) groups excluding carboxylic acids is 3. The lowest BCUT2D eigenvalue weighted by Crippen LogP contribution is -2.61. The van der Waals surface area contributed by atoms with Crippen LogP contribution in [0.4, 0.5) is 57.5 Å². The van der Waals surface area contributed by atoms with E-state index in [2.05, 4.69) is 26.6 Å². The summed E-state index contributed by atoms with van der Waals surface area (Å²) in [6, 6.07) is 20.7. The number of alkyl carbamates (subject to hydrolysis) is 1. The zero-order valence-corrected chi connectivity index (χ0v) is 46.3. The summed E-state index contributed by atoms with van der Waals surface area (Å²) in [6.07, 6.45) is -20.8. The predicted octanol–water partition coefficient (Wildman–Crippen LogP) is 13.4. The number of hydrogen-bond acceptors (Lipinski definition) is 9. The molecule has 0 radical (unpaired) electrons. The first kappa shape index (κ1) is 71.3. The molecule has 12 nitrogen and oxygen atoms in total. The molecule has 6 atom stereocenters. The molecule has 6 rings (SSSR count). The molecule has 0 aliphatic carbocycles.